The third-order valence-electron chi connectivity index (χ3n) is 4.57. The summed E-state index contributed by atoms with van der Waals surface area (Å²) in [5.41, 5.74) is 1.34. The molecular weight excluding hydrogens is 458 g/mol. The molecule has 1 atom stereocenters. The van der Waals surface area contributed by atoms with Gasteiger partial charge >= 0.3 is 0 Å². The second kappa shape index (κ2) is 9.06. The van der Waals surface area contributed by atoms with E-state index >= 15 is 0 Å². The van der Waals surface area contributed by atoms with Gasteiger partial charge in [-0.25, -0.2) is 8.42 Å². The van der Waals surface area contributed by atoms with E-state index in [1.54, 1.807) is 6.07 Å². The van der Waals surface area contributed by atoms with Crippen molar-refractivity contribution in [2.24, 2.45) is 0 Å². The van der Waals surface area contributed by atoms with Gasteiger partial charge in [0, 0.05) is 29.2 Å². The van der Waals surface area contributed by atoms with E-state index in [1.165, 1.54) is 18.2 Å². The van der Waals surface area contributed by atoms with Gasteiger partial charge in [0.1, 0.15) is 0 Å². The number of benzene rings is 2. The van der Waals surface area contributed by atoms with Crippen LogP contribution < -0.4 is 10.6 Å². The normalized spacial score (nSPS) is 16.1. The highest BCUT2D eigenvalue weighted by Crippen LogP contribution is 2.18. The Morgan fingerprint density at radius 3 is 2.66 bits per heavy atom. The third-order valence-corrected chi connectivity index (χ3v) is 6.94. The van der Waals surface area contributed by atoms with E-state index < -0.39 is 10.0 Å². The molecule has 1 fully saturated rings. The molecule has 2 aromatic carbocycles. The number of nitrogens with zero attached hydrogens (tertiary/aromatic N) is 1. The van der Waals surface area contributed by atoms with Crippen LogP contribution in [0.4, 0.5) is 0 Å². The van der Waals surface area contributed by atoms with Gasteiger partial charge in [0.25, 0.3) is 5.91 Å². The summed E-state index contributed by atoms with van der Waals surface area (Å²) in [5.74, 6) is -0.682. The Labute approximate surface area is 178 Å². The Hall–Kier alpha value is -2.23. The largest absolute Gasteiger partial charge is 0.354 e. The lowest BCUT2D eigenvalue weighted by Crippen LogP contribution is -2.49. The van der Waals surface area contributed by atoms with Gasteiger partial charge < -0.3 is 10.6 Å². The number of hydrogen-bond donors (Lipinski definition) is 2. The van der Waals surface area contributed by atoms with Crippen molar-refractivity contribution in [2.75, 3.05) is 19.6 Å². The Bertz CT molecular complexity index is 1010. The van der Waals surface area contributed by atoms with E-state index in [4.69, 9.17) is 0 Å². The van der Waals surface area contributed by atoms with Crippen molar-refractivity contribution in [3.05, 3.63) is 64.1 Å². The van der Waals surface area contributed by atoms with E-state index in [-0.39, 0.29) is 47.9 Å². The Kier molecular flexibility index (Phi) is 6.71. The molecule has 9 heteroatoms. The van der Waals surface area contributed by atoms with Gasteiger partial charge in [0.15, 0.2) is 0 Å². The summed E-state index contributed by atoms with van der Waals surface area (Å²) >= 11 is 3.39. The summed E-state index contributed by atoms with van der Waals surface area (Å²) in [7, 11) is -3.84. The van der Waals surface area contributed by atoms with Crippen LogP contribution in [-0.4, -0.2) is 50.2 Å². The number of amides is 2. The third kappa shape index (κ3) is 5.43. The zero-order valence-electron chi connectivity index (χ0n) is 15.9. The highest BCUT2D eigenvalue weighted by atomic mass is 79.9. The lowest BCUT2D eigenvalue weighted by Gasteiger charge is -2.26. The minimum Gasteiger partial charge on any atom is -0.354 e. The number of nitrogens with one attached hydrogen (secondary N) is 2. The number of sulfonamides is 1. The van der Waals surface area contributed by atoms with Crippen LogP contribution in [0, 0.1) is 0 Å². The molecule has 2 aromatic rings. The topological polar surface area (TPSA) is 95.6 Å². The summed E-state index contributed by atoms with van der Waals surface area (Å²) < 4.78 is 27.7. The molecule has 0 aromatic heterocycles. The zero-order valence-corrected chi connectivity index (χ0v) is 18.3. The maximum atomic E-state index is 12.8. The van der Waals surface area contributed by atoms with Crippen LogP contribution in [0.25, 0.3) is 0 Å². The van der Waals surface area contributed by atoms with Crippen molar-refractivity contribution < 1.29 is 18.0 Å². The van der Waals surface area contributed by atoms with Crippen LogP contribution in [0.2, 0.25) is 0 Å². The fourth-order valence-corrected chi connectivity index (χ4v) is 4.81. The highest BCUT2D eigenvalue weighted by molar-refractivity contribution is 9.10. The van der Waals surface area contributed by atoms with E-state index in [1.807, 2.05) is 31.2 Å². The van der Waals surface area contributed by atoms with Crippen molar-refractivity contribution >= 4 is 37.8 Å². The first kappa shape index (κ1) is 21.5. The molecule has 2 amide bonds. The van der Waals surface area contributed by atoms with Crippen molar-refractivity contribution in [2.45, 2.75) is 24.3 Å². The monoisotopic (exact) mass is 479 g/mol. The van der Waals surface area contributed by atoms with Gasteiger partial charge in [-0.2, -0.15) is 4.31 Å². The van der Waals surface area contributed by atoms with E-state index in [0.717, 1.165) is 14.3 Å². The van der Waals surface area contributed by atoms with Crippen LogP contribution in [0.15, 0.2) is 57.9 Å². The molecule has 1 aliphatic rings. The number of halogens is 1. The molecule has 7 nitrogen and oxygen atoms in total. The van der Waals surface area contributed by atoms with Crippen LogP contribution in [0.5, 0.6) is 0 Å². The number of rotatable bonds is 6. The van der Waals surface area contributed by atoms with Crippen molar-refractivity contribution in [1.82, 2.24) is 14.9 Å². The lowest BCUT2D eigenvalue weighted by molar-refractivity contribution is -0.122. The first-order valence-electron chi connectivity index (χ1n) is 9.18. The van der Waals surface area contributed by atoms with Gasteiger partial charge in [-0.05, 0) is 49.2 Å². The number of piperazine rings is 1. The van der Waals surface area contributed by atoms with Gasteiger partial charge in [0.2, 0.25) is 15.9 Å². The predicted molar refractivity (Wildman–Crippen MR) is 113 cm³/mol. The lowest BCUT2D eigenvalue weighted by atomic mass is 10.1. The molecule has 0 radical (unpaired) electrons. The maximum Gasteiger partial charge on any atom is 0.251 e. The standard InChI is InChI=1S/C20H22BrN3O4S/c1-14(11-15-5-7-17(21)8-6-15)23-20(26)16-3-2-4-18(12-16)29(27,28)24-10-9-22-19(25)13-24/h2-8,12,14H,9-11,13H2,1H3,(H,22,25)(H,23,26). The van der Waals surface area contributed by atoms with E-state index in [0.29, 0.717) is 6.42 Å². The molecule has 1 heterocycles. The minimum atomic E-state index is -3.84. The smallest absolute Gasteiger partial charge is 0.251 e. The Morgan fingerprint density at radius 1 is 1.24 bits per heavy atom. The highest BCUT2D eigenvalue weighted by Gasteiger charge is 2.29. The van der Waals surface area contributed by atoms with E-state index in [9.17, 15) is 18.0 Å². The molecular formula is C20H22BrN3O4S. The van der Waals surface area contributed by atoms with Crippen LogP contribution in [0.3, 0.4) is 0 Å². The first-order chi connectivity index (χ1) is 13.8. The van der Waals surface area contributed by atoms with Crippen LogP contribution in [-0.2, 0) is 21.2 Å². The SMILES string of the molecule is CC(Cc1ccc(Br)cc1)NC(=O)c1cccc(S(=O)(=O)N2CCNC(=O)C2)c1. The fraction of sp³-hybridized carbons (Fsp3) is 0.300. The van der Waals surface area contributed by atoms with Gasteiger partial charge in [-0.3, -0.25) is 9.59 Å². The molecule has 29 heavy (non-hydrogen) atoms. The fourth-order valence-electron chi connectivity index (χ4n) is 3.10. The van der Waals surface area contributed by atoms with Crippen molar-refractivity contribution in [3.8, 4) is 0 Å². The molecule has 0 saturated carbocycles. The Morgan fingerprint density at radius 2 is 1.97 bits per heavy atom. The molecule has 0 aliphatic carbocycles. The Balaban J connectivity index is 1.70. The van der Waals surface area contributed by atoms with Gasteiger partial charge in [-0.15, -0.1) is 0 Å². The average Bonchev–Trinajstić information content (AvgIpc) is 2.70. The summed E-state index contributed by atoms with van der Waals surface area (Å²) in [5, 5.41) is 5.50. The molecule has 0 spiro atoms. The molecule has 3 rings (SSSR count). The molecule has 1 unspecified atom stereocenters. The molecule has 2 N–H and O–H groups in total. The number of hydrogen-bond acceptors (Lipinski definition) is 4. The number of carbonyl (C=O) groups is 2. The second-order valence-electron chi connectivity index (χ2n) is 6.92. The summed E-state index contributed by atoms with van der Waals surface area (Å²) in [4.78, 5) is 24.1. The summed E-state index contributed by atoms with van der Waals surface area (Å²) in [6.45, 7) is 2.15. The molecule has 154 valence electrons. The second-order valence-corrected chi connectivity index (χ2v) is 9.78. The van der Waals surface area contributed by atoms with Crippen LogP contribution >= 0.6 is 15.9 Å². The minimum absolute atomic E-state index is 0.000382. The summed E-state index contributed by atoms with van der Waals surface area (Å²) in [6, 6.07) is 13.6. The summed E-state index contributed by atoms with van der Waals surface area (Å²) in [6.07, 6.45) is 0.653. The first-order valence-corrected chi connectivity index (χ1v) is 11.4. The van der Waals surface area contributed by atoms with Gasteiger partial charge in [0.05, 0.1) is 11.4 Å². The molecule has 1 aliphatic heterocycles. The van der Waals surface area contributed by atoms with Crippen LogP contribution in [0.1, 0.15) is 22.8 Å². The molecule has 1 saturated heterocycles. The average molecular weight is 480 g/mol. The quantitative estimate of drug-likeness (QED) is 0.661. The van der Waals surface area contributed by atoms with E-state index in [2.05, 4.69) is 26.6 Å². The van der Waals surface area contributed by atoms with Gasteiger partial charge in [-0.1, -0.05) is 34.1 Å². The predicted octanol–water partition coefficient (Wildman–Crippen LogP) is 1.93. The maximum absolute atomic E-state index is 12.8. The van der Waals surface area contributed by atoms with Crippen molar-refractivity contribution in [1.29, 1.82) is 0 Å². The number of carbonyl (C=O) groups excluding carboxylic acids is 2. The molecule has 0 bridgehead atoms. The van der Waals surface area contributed by atoms with Crippen molar-refractivity contribution in [3.63, 3.8) is 0 Å². The zero-order chi connectivity index (χ0) is 21.0.